The Hall–Kier alpha value is -2.61. The summed E-state index contributed by atoms with van der Waals surface area (Å²) in [6, 6.07) is 20.6. The molecule has 4 rings (SSSR count). The molecule has 2 N–H and O–H groups in total. The van der Waals surface area contributed by atoms with Crippen LogP contribution in [0.4, 0.5) is 5.69 Å². The zero-order chi connectivity index (χ0) is 12.8. The van der Waals surface area contributed by atoms with Gasteiger partial charge in [-0.15, -0.1) is 0 Å². The predicted molar refractivity (Wildman–Crippen MR) is 81.2 cm³/mol. The molecule has 0 radical (unpaired) electrons. The van der Waals surface area contributed by atoms with Crippen molar-refractivity contribution in [3.63, 3.8) is 0 Å². The molecule has 0 saturated heterocycles. The quantitative estimate of drug-likeness (QED) is 0.287. The number of hydrogen-bond donors (Lipinski definition) is 1. The van der Waals surface area contributed by atoms with Crippen molar-refractivity contribution < 1.29 is 0 Å². The molecule has 0 aliphatic carbocycles. The van der Waals surface area contributed by atoms with E-state index in [1.165, 1.54) is 16.2 Å². The highest BCUT2D eigenvalue weighted by Gasteiger charge is 2.04. The molecule has 0 aliphatic heterocycles. The molecule has 0 atom stereocenters. The lowest BCUT2D eigenvalue weighted by Crippen LogP contribution is -1.86. The summed E-state index contributed by atoms with van der Waals surface area (Å²) < 4.78 is 0. The van der Waals surface area contributed by atoms with Crippen molar-refractivity contribution in [3.05, 3.63) is 60.7 Å². The number of hydrogen-bond acceptors (Lipinski definition) is 2. The molecule has 0 aliphatic rings. The summed E-state index contributed by atoms with van der Waals surface area (Å²) in [4.78, 5) is 4.72. The van der Waals surface area contributed by atoms with Crippen LogP contribution in [-0.4, -0.2) is 4.98 Å². The molecule has 0 fully saturated rings. The van der Waals surface area contributed by atoms with Gasteiger partial charge < -0.3 is 5.73 Å². The molecule has 90 valence electrons. The molecule has 0 amide bonds. The van der Waals surface area contributed by atoms with Gasteiger partial charge in [0.2, 0.25) is 0 Å². The van der Waals surface area contributed by atoms with Gasteiger partial charge >= 0.3 is 0 Å². The van der Waals surface area contributed by atoms with Gasteiger partial charge in [-0.25, -0.2) is 4.98 Å². The topological polar surface area (TPSA) is 38.9 Å². The SMILES string of the molecule is Nc1ccc2c(ccc3nc4ccccc4cc32)c1. The van der Waals surface area contributed by atoms with Crippen molar-refractivity contribution in [2.75, 3.05) is 5.73 Å². The first kappa shape index (κ1) is 10.3. The lowest BCUT2D eigenvalue weighted by Gasteiger charge is -2.06. The summed E-state index contributed by atoms with van der Waals surface area (Å²) in [7, 11) is 0. The van der Waals surface area contributed by atoms with E-state index >= 15 is 0 Å². The summed E-state index contributed by atoms with van der Waals surface area (Å²) in [6.07, 6.45) is 0. The first-order valence-electron chi connectivity index (χ1n) is 6.29. The number of rotatable bonds is 0. The lowest BCUT2D eigenvalue weighted by molar-refractivity contribution is 1.51. The van der Waals surface area contributed by atoms with E-state index in [1.54, 1.807) is 0 Å². The molecule has 1 aromatic heterocycles. The van der Waals surface area contributed by atoms with Crippen molar-refractivity contribution in [3.8, 4) is 0 Å². The molecule has 19 heavy (non-hydrogen) atoms. The van der Waals surface area contributed by atoms with Gasteiger partial charge in [-0.2, -0.15) is 0 Å². The third-order valence-corrected chi connectivity index (χ3v) is 3.54. The fourth-order valence-corrected chi connectivity index (χ4v) is 2.61. The molecule has 2 nitrogen and oxygen atoms in total. The number of nitrogens with two attached hydrogens (primary N) is 1. The van der Waals surface area contributed by atoms with Crippen LogP contribution in [0, 0.1) is 0 Å². The molecule has 1 heterocycles. The first-order chi connectivity index (χ1) is 9.31. The van der Waals surface area contributed by atoms with Crippen LogP contribution < -0.4 is 5.73 Å². The van der Waals surface area contributed by atoms with Crippen LogP contribution >= 0.6 is 0 Å². The number of benzene rings is 3. The van der Waals surface area contributed by atoms with Crippen LogP contribution in [0.5, 0.6) is 0 Å². The van der Waals surface area contributed by atoms with Gasteiger partial charge in [0, 0.05) is 16.5 Å². The van der Waals surface area contributed by atoms with E-state index in [9.17, 15) is 0 Å². The fourth-order valence-electron chi connectivity index (χ4n) is 2.61. The maximum absolute atomic E-state index is 5.84. The zero-order valence-corrected chi connectivity index (χ0v) is 10.3. The molecular formula is C17H12N2. The number of para-hydroxylation sites is 1. The van der Waals surface area contributed by atoms with Crippen LogP contribution in [0.25, 0.3) is 32.6 Å². The van der Waals surface area contributed by atoms with Crippen molar-refractivity contribution in [1.29, 1.82) is 0 Å². The average molecular weight is 244 g/mol. The van der Waals surface area contributed by atoms with Crippen LogP contribution in [-0.2, 0) is 0 Å². The molecule has 4 aromatic rings. The average Bonchev–Trinajstić information content (AvgIpc) is 2.44. The van der Waals surface area contributed by atoms with E-state index in [0.717, 1.165) is 22.1 Å². The van der Waals surface area contributed by atoms with Gasteiger partial charge in [0.25, 0.3) is 0 Å². The predicted octanol–water partition coefficient (Wildman–Crippen LogP) is 4.12. The molecule has 2 heteroatoms. The van der Waals surface area contributed by atoms with Crippen LogP contribution in [0.1, 0.15) is 0 Å². The van der Waals surface area contributed by atoms with Crippen LogP contribution in [0.3, 0.4) is 0 Å². The van der Waals surface area contributed by atoms with E-state index in [4.69, 9.17) is 10.7 Å². The summed E-state index contributed by atoms with van der Waals surface area (Å²) >= 11 is 0. The summed E-state index contributed by atoms with van der Waals surface area (Å²) in [6.45, 7) is 0. The van der Waals surface area contributed by atoms with Gasteiger partial charge in [-0.3, -0.25) is 0 Å². The maximum Gasteiger partial charge on any atom is 0.0716 e. The monoisotopic (exact) mass is 244 g/mol. The highest BCUT2D eigenvalue weighted by Crippen LogP contribution is 2.28. The second-order valence-electron chi connectivity index (χ2n) is 4.79. The Bertz CT molecular complexity index is 926. The largest absolute Gasteiger partial charge is 0.399 e. The smallest absolute Gasteiger partial charge is 0.0716 e. The number of pyridine rings is 1. The van der Waals surface area contributed by atoms with Crippen molar-refractivity contribution in [1.82, 2.24) is 4.98 Å². The van der Waals surface area contributed by atoms with Crippen LogP contribution in [0.2, 0.25) is 0 Å². The van der Waals surface area contributed by atoms with E-state index in [-0.39, 0.29) is 0 Å². The molecule has 0 saturated carbocycles. The minimum absolute atomic E-state index is 0.792. The highest BCUT2D eigenvalue weighted by molar-refractivity contribution is 6.10. The number of aromatic nitrogens is 1. The molecule has 0 bridgehead atoms. The molecule has 0 spiro atoms. The Balaban J connectivity index is 2.22. The molecule has 0 unspecified atom stereocenters. The van der Waals surface area contributed by atoms with Gasteiger partial charge in [-0.1, -0.05) is 30.3 Å². The second kappa shape index (κ2) is 3.69. The summed E-state index contributed by atoms with van der Waals surface area (Å²) in [5.74, 6) is 0. The normalized spacial score (nSPS) is 11.4. The van der Waals surface area contributed by atoms with E-state index in [1.807, 2.05) is 30.3 Å². The highest BCUT2D eigenvalue weighted by atomic mass is 14.7. The van der Waals surface area contributed by atoms with Gasteiger partial charge in [0.15, 0.2) is 0 Å². The third kappa shape index (κ3) is 1.54. The molecular weight excluding hydrogens is 232 g/mol. The van der Waals surface area contributed by atoms with E-state index in [2.05, 4.69) is 30.3 Å². The lowest BCUT2D eigenvalue weighted by atomic mass is 10.0. The van der Waals surface area contributed by atoms with Crippen molar-refractivity contribution in [2.45, 2.75) is 0 Å². The number of fused-ring (bicyclic) bond motifs is 4. The van der Waals surface area contributed by atoms with Crippen LogP contribution in [0.15, 0.2) is 60.7 Å². The second-order valence-corrected chi connectivity index (χ2v) is 4.79. The third-order valence-electron chi connectivity index (χ3n) is 3.54. The summed E-state index contributed by atoms with van der Waals surface area (Å²) in [5, 5.41) is 4.70. The fraction of sp³-hybridized carbons (Fsp3) is 0. The van der Waals surface area contributed by atoms with E-state index in [0.29, 0.717) is 0 Å². The zero-order valence-electron chi connectivity index (χ0n) is 10.3. The van der Waals surface area contributed by atoms with Crippen molar-refractivity contribution >= 4 is 38.3 Å². The van der Waals surface area contributed by atoms with E-state index < -0.39 is 0 Å². The Morgan fingerprint density at radius 3 is 2.53 bits per heavy atom. The minimum Gasteiger partial charge on any atom is -0.399 e. The van der Waals surface area contributed by atoms with Gasteiger partial charge in [0.05, 0.1) is 11.0 Å². The maximum atomic E-state index is 5.84. The van der Waals surface area contributed by atoms with Crippen molar-refractivity contribution in [2.24, 2.45) is 0 Å². The Kier molecular flexibility index (Phi) is 2.00. The Labute approximate surface area is 110 Å². The standard InChI is InChI=1S/C17H12N2/c18-13-6-7-14-11(9-13)5-8-17-15(14)10-12-3-1-2-4-16(12)19-17/h1-10H,18H2. The summed E-state index contributed by atoms with van der Waals surface area (Å²) in [5.41, 5.74) is 8.69. The van der Waals surface area contributed by atoms with Gasteiger partial charge in [0.1, 0.15) is 0 Å². The number of nitrogen functional groups attached to an aromatic ring is 1. The minimum atomic E-state index is 0.792. The Morgan fingerprint density at radius 2 is 1.58 bits per heavy atom. The molecule has 3 aromatic carbocycles. The number of anilines is 1. The number of nitrogens with zero attached hydrogens (tertiary/aromatic N) is 1. The first-order valence-corrected chi connectivity index (χ1v) is 6.29. The van der Waals surface area contributed by atoms with Gasteiger partial charge in [-0.05, 0) is 41.1 Å². The Morgan fingerprint density at radius 1 is 0.684 bits per heavy atom.